The van der Waals surface area contributed by atoms with Crippen LogP contribution in [0.2, 0.25) is 0 Å². The van der Waals surface area contributed by atoms with Gasteiger partial charge < -0.3 is 4.90 Å². The molecule has 98 valence electrons. The Kier molecular flexibility index (Phi) is 3.29. The lowest BCUT2D eigenvalue weighted by Gasteiger charge is -2.33. The van der Waals surface area contributed by atoms with Gasteiger partial charge in [-0.15, -0.1) is 0 Å². The molecule has 1 heteroatoms. The molecule has 0 bridgehead atoms. The van der Waals surface area contributed by atoms with E-state index in [1.807, 2.05) is 0 Å². The molecule has 1 aliphatic rings. The van der Waals surface area contributed by atoms with Gasteiger partial charge in [0.25, 0.3) is 0 Å². The largest absolute Gasteiger partial charge is 0.341 e. The Balaban J connectivity index is 2.09. The molecule has 0 saturated carbocycles. The van der Waals surface area contributed by atoms with Crippen molar-refractivity contribution in [1.29, 1.82) is 0 Å². The molecule has 1 nitrogen and oxygen atoms in total. The highest BCUT2D eigenvalue weighted by Gasteiger charge is 2.20. The molecular formula is C18H21N. The number of anilines is 2. The summed E-state index contributed by atoms with van der Waals surface area (Å²) in [6.07, 6.45) is 2.44. The molecule has 0 spiro atoms. The first-order chi connectivity index (χ1) is 9.27. The Morgan fingerprint density at radius 1 is 0.895 bits per heavy atom. The van der Waals surface area contributed by atoms with E-state index in [1.54, 1.807) is 0 Å². The molecule has 0 atom stereocenters. The van der Waals surface area contributed by atoms with Gasteiger partial charge in [-0.05, 0) is 42.0 Å². The third-order valence-electron chi connectivity index (χ3n) is 3.96. The first-order valence-electron chi connectivity index (χ1n) is 7.22. The van der Waals surface area contributed by atoms with Crippen LogP contribution in [-0.2, 0) is 6.42 Å². The number of nitrogens with zero attached hydrogens (tertiary/aromatic N) is 1. The maximum atomic E-state index is 2.49. The number of rotatable bonds is 2. The minimum atomic E-state index is 0.560. The summed E-state index contributed by atoms with van der Waals surface area (Å²) in [5, 5.41) is 0. The van der Waals surface area contributed by atoms with Gasteiger partial charge in [0, 0.05) is 17.9 Å². The summed E-state index contributed by atoms with van der Waals surface area (Å²) < 4.78 is 0. The summed E-state index contributed by atoms with van der Waals surface area (Å²) in [5.74, 6) is 0.560. The average molecular weight is 251 g/mol. The van der Waals surface area contributed by atoms with E-state index in [4.69, 9.17) is 0 Å². The highest BCUT2D eigenvalue weighted by atomic mass is 15.1. The fourth-order valence-corrected chi connectivity index (χ4v) is 3.01. The standard InChI is InChI=1S/C18H21N/c1-14(2)16-10-4-6-12-18(16)19-13-7-9-15-8-3-5-11-17(15)19/h3-6,8,10-12,14H,7,9,13H2,1-2H3. The van der Waals surface area contributed by atoms with Gasteiger partial charge in [-0.3, -0.25) is 0 Å². The van der Waals surface area contributed by atoms with E-state index in [9.17, 15) is 0 Å². The van der Waals surface area contributed by atoms with Gasteiger partial charge in [0.15, 0.2) is 0 Å². The number of hydrogen-bond acceptors (Lipinski definition) is 1. The smallest absolute Gasteiger partial charge is 0.0445 e. The molecule has 0 aliphatic carbocycles. The van der Waals surface area contributed by atoms with Gasteiger partial charge in [0.05, 0.1) is 0 Å². The van der Waals surface area contributed by atoms with E-state index in [-0.39, 0.29) is 0 Å². The molecule has 19 heavy (non-hydrogen) atoms. The van der Waals surface area contributed by atoms with Gasteiger partial charge in [-0.2, -0.15) is 0 Å². The van der Waals surface area contributed by atoms with E-state index in [2.05, 4.69) is 67.3 Å². The zero-order chi connectivity index (χ0) is 13.2. The van der Waals surface area contributed by atoms with Gasteiger partial charge in [0.1, 0.15) is 0 Å². The zero-order valence-electron chi connectivity index (χ0n) is 11.8. The Morgan fingerprint density at radius 3 is 2.37 bits per heavy atom. The maximum Gasteiger partial charge on any atom is 0.0445 e. The van der Waals surface area contributed by atoms with Crippen molar-refractivity contribution in [2.75, 3.05) is 11.4 Å². The van der Waals surface area contributed by atoms with Crippen LogP contribution in [-0.4, -0.2) is 6.54 Å². The molecule has 0 N–H and O–H groups in total. The van der Waals surface area contributed by atoms with Crippen LogP contribution in [0.3, 0.4) is 0 Å². The summed E-state index contributed by atoms with van der Waals surface area (Å²) in [5.41, 5.74) is 5.69. The van der Waals surface area contributed by atoms with Crippen LogP contribution < -0.4 is 4.90 Å². The molecule has 2 aromatic rings. The summed E-state index contributed by atoms with van der Waals surface area (Å²) in [6.45, 7) is 5.67. The van der Waals surface area contributed by atoms with Crippen molar-refractivity contribution >= 4 is 11.4 Å². The van der Waals surface area contributed by atoms with Crippen LogP contribution in [0.25, 0.3) is 0 Å². The summed E-state index contributed by atoms with van der Waals surface area (Å²) in [6, 6.07) is 17.6. The lowest BCUT2D eigenvalue weighted by atomic mass is 9.96. The van der Waals surface area contributed by atoms with Crippen molar-refractivity contribution in [3.05, 3.63) is 59.7 Å². The van der Waals surface area contributed by atoms with E-state index in [0.29, 0.717) is 5.92 Å². The fraction of sp³-hybridized carbons (Fsp3) is 0.333. The van der Waals surface area contributed by atoms with Crippen molar-refractivity contribution in [3.63, 3.8) is 0 Å². The zero-order valence-corrected chi connectivity index (χ0v) is 11.8. The first-order valence-corrected chi connectivity index (χ1v) is 7.22. The van der Waals surface area contributed by atoms with E-state index in [0.717, 1.165) is 6.54 Å². The number of aryl methyl sites for hydroxylation is 1. The third kappa shape index (κ3) is 2.25. The quantitative estimate of drug-likeness (QED) is 0.734. The number of para-hydroxylation sites is 2. The topological polar surface area (TPSA) is 3.24 Å². The second-order valence-corrected chi connectivity index (χ2v) is 5.60. The van der Waals surface area contributed by atoms with Crippen LogP contribution in [0.1, 0.15) is 37.3 Å². The van der Waals surface area contributed by atoms with Crippen molar-refractivity contribution in [2.45, 2.75) is 32.6 Å². The molecular weight excluding hydrogens is 230 g/mol. The average Bonchev–Trinajstić information content (AvgIpc) is 2.46. The Labute approximate surface area is 115 Å². The lowest BCUT2D eigenvalue weighted by Crippen LogP contribution is -2.25. The van der Waals surface area contributed by atoms with Crippen molar-refractivity contribution < 1.29 is 0 Å². The minimum Gasteiger partial charge on any atom is -0.341 e. The predicted molar refractivity (Wildman–Crippen MR) is 82.3 cm³/mol. The van der Waals surface area contributed by atoms with Crippen molar-refractivity contribution in [2.24, 2.45) is 0 Å². The molecule has 3 rings (SSSR count). The Bertz CT molecular complexity index is 571. The molecule has 1 heterocycles. The van der Waals surface area contributed by atoms with Gasteiger partial charge in [-0.25, -0.2) is 0 Å². The van der Waals surface area contributed by atoms with Crippen molar-refractivity contribution in [3.8, 4) is 0 Å². The van der Waals surface area contributed by atoms with Crippen LogP contribution in [0, 0.1) is 0 Å². The minimum absolute atomic E-state index is 0.560. The number of fused-ring (bicyclic) bond motifs is 1. The first kappa shape index (κ1) is 12.3. The molecule has 0 unspecified atom stereocenters. The van der Waals surface area contributed by atoms with Crippen molar-refractivity contribution in [1.82, 2.24) is 0 Å². The normalized spacial score (nSPS) is 14.6. The number of benzene rings is 2. The molecule has 0 radical (unpaired) electrons. The Hall–Kier alpha value is -1.76. The SMILES string of the molecule is CC(C)c1ccccc1N1CCCc2ccccc21. The van der Waals surface area contributed by atoms with Crippen LogP contribution in [0.15, 0.2) is 48.5 Å². The summed E-state index contributed by atoms with van der Waals surface area (Å²) >= 11 is 0. The van der Waals surface area contributed by atoms with E-state index >= 15 is 0 Å². The number of hydrogen-bond donors (Lipinski definition) is 0. The monoisotopic (exact) mass is 251 g/mol. The van der Waals surface area contributed by atoms with E-state index < -0.39 is 0 Å². The van der Waals surface area contributed by atoms with Gasteiger partial charge in [0.2, 0.25) is 0 Å². The highest BCUT2D eigenvalue weighted by molar-refractivity contribution is 5.70. The molecule has 1 aliphatic heterocycles. The van der Waals surface area contributed by atoms with Crippen LogP contribution in [0.5, 0.6) is 0 Å². The van der Waals surface area contributed by atoms with Crippen LogP contribution >= 0.6 is 0 Å². The third-order valence-corrected chi connectivity index (χ3v) is 3.96. The molecule has 2 aromatic carbocycles. The molecule has 0 saturated heterocycles. The second kappa shape index (κ2) is 5.08. The Morgan fingerprint density at radius 2 is 1.58 bits per heavy atom. The maximum absolute atomic E-state index is 2.49. The van der Waals surface area contributed by atoms with Crippen LogP contribution in [0.4, 0.5) is 11.4 Å². The predicted octanol–water partition coefficient (Wildman–Crippen LogP) is 4.89. The molecule has 0 aromatic heterocycles. The fourth-order valence-electron chi connectivity index (χ4n) is 3.01. The van der Waals surface area contributed by atoms with Gasteiger partial charge in [-0.1, -0.05) is 50.2 Å². The van der Waals surface area contributed by atoms with E-state index in [1.165, 1.54) is 35.3 Å². The summed E-state index contributed by atoms with van der Waals surface area (Å²) in [7, 11) is 0. The van der Waals surface area contributed by atoms with Gasteiger partial charge >= 0.3 is 0 Å². The highest BCUT2D eigenvalue weighted by Crippen LogP contribution is 2.37. The molecule has 0 amide bonds. The summed E-state index contributed by atoms with van der Waals surface area (Å²) in [4.78, 5) is 2.49. The lowest BCUT2D eigenvalue weighted by molar-refractivity contribution is 0.757. The molecule has 0 fully saturated rings. The second-order valence-electron chi connectivity index (χ2n) is 5.60.